The summed E-state index contributed by atoms with van der Waals surface area (Å²) in [5.74, 6) is -0.481. The minimum Gasteiger partial charge on any atom is -0.368 e. The van der Waals surface area contributed by atoms with Crippen LogP contribution in [0.15, 0.2) is 24.3 Å². The Kier molecular flexibility index (Phi) is 6.63. The van der Waals surface area contributed by atoms with Crippen molar-refractivity contribution in [1.29, 1.82) is 0 Å². The van der Waals surface area contributed by atoms with Crippen LogP contribution >= 0.6 is 0 Å². The molecule has 0 spiro atoms. The van der Waals surface area contributed by atoms with Crippen LogP contribution in [0.3, 0.4) is 0 Å². The molecular formula is C19H27F3N4O3S. The number of piperidine rings is 1. The van der Waals surface area contributed by atoms with Gasteiger partial charge in [-0.2, -0.15) is 30.2 Å². The number of hydrogen-bond donors (Lipinski definition) is 0. The van der Waals surface area contributed by atoms with E-state index in [2.05, 4.69) is 0 Å². The molecule has 0 saturated carbocycles. The lowest BCUT2D eigenvalue weighted by Gasteiger charge is -2.39. The molecule has 3 rings (SSSR count). The van der Waals surface area contributed by atoms with E-state index < -0.39 is 27.9 Å². The van der Waals surface area contributed by atoms with E-state index >= 15 is 0 Å². The molecule has 0 N–H and O–H groups in total. The molecule has 2 saturated heterocycles. The minimum absolute atomic E-state index is 0.0858. The fourth-order valence-electron chi connectivity index (χ4n) is 3.91. The van der Waals surface area contributed by atoms with E-state index in [1.807, 2.05) is 4.90 Å². The average Bonchev–Trinajstić information content (AvgIpc) is 2.73. The van der Waals surface area contributed by atoms with Crippen LogP contribution < -0.4 is 4.90 Å². The highest BCUT2D eigenvalue weighted by atomic mass is 32.2. The highest BCUT2D eigenvalue weighted by molar-refractivity contribution is 7.86. The number of carbonyl (C=O) groups excluding carboxylic acids is 1. The molecule has 1 aromatic rings. The van der Waals surface area contributed by atoms with Gasteiger partial charge in [0.15, 0.2) is 0 Å². The largest absolute Gasteiger partial charge is 0.416 e. The first-order valence-corrected chi connectivity index (χ1v) is 11.3. The van der Waals surface area contributed by atoms with Crippen LogP contribution in [0.2, 0.25) is 0 Å². The Balaban J connectivity index is 1.60. The third kappa shape index (κ3) is 4.89. The van der Waals surface area contributed by atoms with Gasteiger partial charge in [-0.1, -0.05) is 6.07 Å². The fraction of sp³-hybridized carbons (Fsp3) is 0.632. The van der Waals surface area contributed by atoms with Crippen molar-refractivity contribution >= 4 is 21.8 Å². The molecule has 30 heavy (non-hydrogen) atoms. The molecule has 1 atom stereocenters. The number of halogens is 3. The number of carbonyl (C=O) groups is 1. The van der Waals surface area contributed by atoms with Crippen molar-refractivity contribution < 1.29 is 26.4 Å². The Morgan fingerprint density at radius 1 is 1.10 bits per heavy atom. The van der Waals surface area contributed by atoms with Crippen molar-refractivity contribution in [2.24, 2.45) is 5.92 Å². The zero-order valence-corrected chi connectivity index (χ0v) is 17.9. The summed E-state index contributed by atoms with van der Waals surface area (Å²) in [4.78, 5) is 16.5. The topological polar surface area (TPSA) is 64.2 Å². The summed E-state index contributed by atoms with van der Waals surface area (Å²) in [7, 11) is -0.630. The maximum absolute atomic E-state index is 13.0. The fourth-order valence-corrected chi connectivity index (χ4v) is 5.10. The molecule has 2 aliphatic rings. The number of hydrogen-bond acceptors (Lipinski definition) is 4. The van der Waals surface area contributed by atoms with Gasteiger partial charge in [-0.05, 0) is 31.0 Å². The zero-order valence-electron chi connectivity index (χ0n) is 17.1. The van der Waals surface area contributed by atoms with Gasteiger partial charge in [-0.15, -0.1) is 0 Å². The standard InChI is InChI=1S/C19H27F3N4O3S/c1-23(2)30(28,29)26-8-4-5-15(14-26)18(27)25-11-9-24(10-12-25)17-7-3-6-16(13-17)19(20,21)22/h3,6-7,13,15H,4-5,8-12,14H2,1-2H3/t15-/m1/s1. The molecule has 0 aromatic heterocycles. The second kappa shape index (κ2) is 8.72. The second-order valence-electron chi connectivity index (χ2n) is 7.85. The molecule has 0 unspecified atom stereocenters. The van der Waals surface area contributed by atoms with Crippen molar-refractivity contribution in [1.82, 2.24) is 13.5 Å². The van der Waals surface area contributed by atoms with Crippen molar-refractivity contribution in [3.05, 3.63) is 29.8 Å². The van der Waals surface area contributed by atoms with Gasteiger partial charge in [0.05, 0.1) is 11.5 Å². The van der Waals surface area contributed by atoms with Gasteiger partial charge < -0.3 is 9.80 Å². The summed E-state index contributed by atoms with van der Waals surface area (Å²) < 4.78 is 66.1. The number of piperazine rings is 1. The van der Waals surface area contributed by atoms with Gasteiger partial charge in [0.2, 0.25) is 5.91 Å². The predicted octanol–water partition coefficient (Wildman–Crippen LogP) is 1.87. The summed E-state index contributed by atoms with van der Waals surface area (Å²) in [6.07, 6.45) is -3.15. The van der Waals surface area contributed by atoms with Crippen molar-refractivity contribution in [3.63, 3.8) is 0 Å². The summed E-state index contributed by atoms with van der Waals surface area (Å²) in [5.41, 5.74) is -0.208. The maximum Gasteiger partial charge on any atom is 0.416 e. The van der Waals surface area contributed by atoms with Gasteiger partial charge in [0.1, 0.15) is 0 Å². The number of nitrogens with zero attached hydrogens (tertiary/aromatic N) is 4. The predicted molar refractivity (Wildman–Crippen MR) is 107 cm³/mol. The van der Waals surface area contributed by atoms with E-state index in [1.54, 1.807) is 11.0 Å². The Bertz CT molecular complexity index is 868. The van der Waals surface area contributed by atoms with Crippen LogP contribution in [0.5, 0.6) is 0 Å². The lowest BCUT2D eigenvalue weighted by atomic mass is 9.97. The summed E-state index contributed by atoms with van der Waals surface area (Å²) in [6, 6.07) is 5.19. The lowest BCUT2D eigenvalue weighted by molar-refractivity contribution is -0.137. The van der Waals surface area contributed by atoms with E-state index in [9.17, 15) is 26.4 Å². The van der Waals surface area contributed by atoms with E-state index in [0.29, 0.717) is 51.3 Å². The highest BCUT2D eigenvalue weighted by Gasteiger charge is 2.36. The Hall–Kier alpha value is -1.85. The molecule has 1 amide bonds. The van der Waals surface area contributed by atoms with E-state index in [4.69, 9.17) is 0 Å². The highest BCUT2D eigenvalue weighted by Crippen LogP contribution is 2.32. The molecule has 0 radical (unpaired) electrons. The maximum atomic E-state index is 13.0. The van der Waals surface area contributed by atoms with Gasteiger partial charge in [-0.3, -0.25) is 4.79 Å². The first-order valence-electron chi connectivity index (χ1n) is 9.89. The number of anilines is 1. The smallest absolute Gasteiger partial charge is 0.368 e. The quantitative estimate of drug-likeness (QED) is 0.706. The van der Waals surface area contributed by atoms with Crippen molar-refractivity contribution in [3.8, 4) is 0 Å². The molecular weight excluding hydrogens is 421 g/mol. The first-order chi connectivity index (χ1) is 14.0. The van der Waals surface area contributed by atoms with Crippen LogP contribution in [0, 0.1) is 5.92 Å². The lowest BCUT2D eigenvalue weighted by Crippen LogP contribution is -2.54. The summed E-state index contributed by atoms with van der Waals surface area (Å²) in [6.45, 7) is 2.21. The van der Waals surface area contributed by atoms with Crippen LogP contribution in [0.25, 0.3) is 0 Å². The molecule has 2 fully saturated rings. The van der Waals surface area contributed by atoms with E-state index in [-0.39, 0.29) is 12.5 Å². The Labute approximate surface area is 175 Å². The number of rotatable bonds is 4. The molecule has 11 heteroatoms. The third-order valence-electron chi connectivity index (χ3n) is 5.65. The monoisotopic (exact) mass is 448 g/mol. The molecule has 168 valence electrons. The van der Waals surface area contributed by atoms with Gasteiger partial charge in [0.25, 0.3) is 10.2 Å². The Morgan fingerprint density at radius 3 is 2.37 bits per heavy atom. The van der Waals surface area contributed by atoms with E-state index in [0.717, 1.165) is 16.4 Å². The molecule has 7 nitrogen and oxygen atoms in total. The normalized spacial score (nSPS) is 21.9. The van der Waals surface area contributed by atoms with E-state index in [1.165, 1.54) is 24.5 Å². The molecule has 0 bridgehead atoms. The second-order valence-corrected chi connectivity index (χ2v) is 9.99. The summed E-state index contributed by atoms with van der Waals surface area (Å²) >= 11 is 0. The molecule has 2 heterocycles. The average molecular weight is 449 g/mol. The van der Waals surface area contributed by atoms with Crippen LogP contribution in [0.4, 0.5) is 18.9 Å². The third-order valence-corrected chi connectivity index (χ3v) is 7.56. The first kappa shape index (κ1) is 22.8. The number of alkyl halides is 3. The van der Waals surface area contributed by atoms with Gasteiger partial charge in [-0.25, -0.2) is 0 Å². The van der Waals surface area contributed by atoms with Crippen LogP contribution in [0.1, 0.15) is 18.4 Å². The van der Waals surface area contributed by atoms with Crippen LogP contribution in [-0.2, 0) is 21.2 Å². The summed E-state index contributed by atoms with van der Waals surface area (Å²) in [5, 5.41) is 0. The Morgan fingerprint density at radius 2 is 1.77 bits per heavy atom. The SMILES string of the molecule is CN(C)S(=O)(=O)N1CCC[C@@H](C(=O)N2CCN(c3cccc(C(F)(F)F)c3)CC2)C1. The van der Waals surface area contributed by atoms with Gasteiger partial charge in [0, 0.05) is 59.1 Å². The number of benzene rings is 1. The van der Waals surface area contributed by atoms with Crippen molar-refractivity contribution in [2.75, 3.05) is 58.3 Å². The van der Waals surface area contributed by atoms with Crippen LogP contribution in [-0.4, -0.2) is 81.2 Å². The van der Waals surface area contributed by atoms with Crippen molar-refractivity contribution in [2.45, 2.75) is 19.0 Å². The minimum atomic E-state index is -4.40. The van der Waals surface area contributed by atoms with Gasteiger partial charge >= 0.3 is 6.18 Å². The zero-order chi connectivity index (χ0) is 22.1. The molecule has 0 aliphatic carbocycles. The number of amides is 1. The molecule has 2 aliphatic heterocycles. The molecule has 1 aromatic carbocycles.